The molecule has 2 heterocycles. The Bertz CT molecular complexity index is 546. The number of hydrogen-bond acceptors (Lipinski definition) is 5. The Morgan fingerprint density at radius 1 is 1.17 bits per heavy atom. The van der Waals surface area contributed by atoms with E-state index in [1.165, 1.54) is 12.8 Å². The Kier molecular flexibility index (Phi) is 5.38. The van der Waals surface area contributed by atoms with E-state index in [1.54, 1.807) is 4.90 Å². The van der Waals surface area contributed by atoms with Crippen molar-refractivity contribution in [3.8, 4) is 0 Å². The number of aliphatic hydroxyl groups is 1. The quantitative estimate of drug-likeness (QED) is 0.846. The second kappa shape index (κ2) is 7.51. The summed E-state index contributed by atoms with van der Waals surface area (Å²) in [6, 6.07) is 10.4. The number of hydrogen-bond donors (Lipinski definition) is 1. The minimum atomic E-state index is -0.793. The van der Waals surface area contributed by atoms with Crippen molar-refractivity contribution in [2.75, 3.05) is 64.4 Å². The van der Waals surface area contributed by atoms with Crippen LogP contribution in [0.2, 0.25) is 0 Å². The van der Waals surface area contributed by atoms with Gasteiger partial charge in [-0.15, -0.1) is 0 Å². The summed E-state index contributed by atoms with van der Waals surface area (Å²) in [5.74, 6) is -0.0395. The molecule has 1 atom stereocenters. The second-order valence-electron chi connectivity index (χ2n) is 6.82. The number of amides is 1. The first kappa shape index (κ1) is 17.2. The number of methoxy groups -OCH3 is 1. The van der Waals surface area contributed by atoms with Crippen molar-refractivity contribution in [2.24, 2.45) is 0 Å². The fourth-order valence-corrected chi connectivity index (χ4v) is 3.63. The maximum atomic E-state index is 11.9. The van der Waals surface area contributed by atoms with Crippen molar-refractivity contribution >= 4 is 11.6 Å². The highest BCUT2D eigenvalue weighted by atomic mass is 16.5. The molecule has 3 rings (SSSR count). The van der Waals surface area contributed by atoms with Crippen LogP contribution in [0.3, 0.4) is 0 Å². The van der Waals surface area contributed by atoms with Gasteiger partial charge in [0.25, 0.3) is 0 Å². The summed E-state index contributed by atoms with van der Waals surface area (Å²) in [6.45, 7) is 5.54. The molecular formula is C18H27N3O3. The SMILES string of the molecule is COCC(=O)N1CCC(O)(CN2CCN(c3ccccc3)CC2)C1. The van der Waals surface area contributed by atoms with Gasteiger partial charge in [0.2, 0.25) is 5.91 Å². The Labute approximate surface area is 143 Å². The molecule has 0 saturated carbocycles. The molecule has 24 heavy (non-hydrogen) atoms. The standard InChI is InChI=1S/C18H27N3O3/c1-24-13-17(22)21-8-7-18(23,15-21)14-19-9-11-20(12-10-19)16-5-3-2-4-6-16/h2-6,23H,7-15H2,1H3. The summed E-state index contributed by atoms with van der Waals surface area (Å²) in [5.41, 5.74) is 0.464. The number of carbonyl (C=O) groups is 1. The van der Waals surface area contributed by atoms with Crippen molar-refractivity contribution in [1.82, 2.24) is 9.80 Å². The molecule has 0 aromatic heterocycles. The molecule has 1 aromatic rings. The number of ether oxygens (including phenoxy) is 1. The number of likely N-dealkylation sites (tertiary alicyclic amines) is 1. The van der Waals surface area contributed by atoms with Crippen LogP contribution in [0.1, 0.15) is 6.42 Å². The number of anilines is 1. The Hall–Kier alpha value is -1.63. The molecule has 2 aliphatic heterocycles. The molecule has 132 valence electrons. The van der Waals surface area contributed by atoms with Gasteiger partial charge in [0.15, 0.2) is 0 Å². The number of carbonyl (C=O) groups excluding carboxylic acids is 1. The lowest BCUT2D eigenvalue weighted by atomic mass is 10.0. The van der Waals surface area contributed by atoms with Gasteiger partial charge in [0.1, 0.15) is 6.61 Å². The molecule has 2 aliphatic rings. The average Bonchev–Trinajstić information content (AvgIpc) is 2.99. The second-order valence-corrected chi connectivity index (χ2v) is 6.82. The maximum Gasteiger partial charge on any atom is 0.248 e. The highest BCUT2D eigenvalue weighted by molar-refractivity contribution is 5.77. The van der Waals surface area contributed by atoms with Gasteiger partial charge in [-0.2, -0.15) is 0 Å². The highest BCUT2D eigenvalue weighted by Crippen LogP contribution is 2.24. The zero-order chi connectivity index (χ0) is 17.0. The number of nitrogens with zero attached hydrogens (tertiary/aromatic N) is 3. The molecule has 0 spiro atoms. The minimum absolute atomic E-state index is 0.0395. The van der Waals surface area contributed by atoms with Crippen molar-refractivity contribution in [1.29, 1.82) is 0 Å². The van der Waals surface area contributed by atoms with E-state index in [0.29, 0.717) is 26.1 Å². The molecule has 6 heteroatoms. The van der Waals surface area contributed by atoms with Crippen LogP contribution in [0, 0.1) is 0 Å². The minimum Gasteiger partial charge on any atom is -0.387 e. The van der Waals surface area contributed by atoms with E-state index < -0.39 is 5.60 Å². The first-order valence-corrected chi connectivity index (χ1v) is 8.61. The van der Waals surface area contributed by atoms with E-state index in [4.69, 9.17) is 4.74 Å². The van der Waals surface area contributed by atoms with Crippen molar-refractivity contribution in [3.05, 3.63) is 30.3 Å². The zero-order valence-corrected chi connectivity index (χ0v) is 14.4. The van der Waals surface area contributed by atoms with Gasteiger partial charge < -0.3 is 19.6 Å². The summed E-state index contributed by atoms with van der Waals surface area (Å²) in [6.07, 6.45) is 0.640. The number of para-hydroxylation sites is 1. The third-order valence-corrected chi connectivity index (χ3v) is 4.96. The summed E-state index contributed by atoms with van der Waals surface area (Å²) in [7, 11) is 1.52. The van der Waals surface area contributed by atoms with E-state index in [1.807, 2.05) is 6.07 Å². The summed E-state index contributed by atoms with van der Waals surface area (Å²) < 4.78 is 4.90. The van der Waals surface area contributed by atoms with Gasteiger partial charge in [0.05, 0.1) is 12.1 Å². The molecule has 0 bridgehead atoms. The maximum absolute atomic E-state index is 11.9. The highest BCUT2D eigenvalue weighted by Gasteiger charge is 2.39. The molecular weight excluding hydrogens is 306 g/mol. The Morgan fingerprint density at radius 2 is 1.88 bits per heavy atom. The van der Waals surface area contributed by atoms with Gasteiger partial charge >= 0.3 is 0 Å². The number of rotatable bonds is 5. The molecule has 1 amide bonds. The lowest BCUT2D eigenvalue weighted by Crippen LogP contribution is -2.53. The van der Waals surface area contributed by atoms with E-state index in [9.17, 15) is 9.90 Å². The van der Waals surface area contributed by atoms with Crippen LogP contribution < -0.4 is 4.90 Å². The number of β-amino-alcohol motifs (C(OH)–C–C–N with tert-alkyl or cyclic N) is 1. The van der Waals surface area contributed by atoms with E-state index in [2.05, 4.69) is 34.1 Å². The zero-order valence-electron chi connectivity index (χ0n) is 14.4. The van der Waals surface area contributed by atoms with Crippen LogP contribution in [0.5, 0.6) is 0 Å². The van der Waals surface area contributed by atoms with Crippen molar-refractivity contribution in [2.45, 2.75) is 12.0 Å². The van der Waals surface area contributed by atoms with Crippen LogP contribution in [0.15, 0.2) is 30.3 Å². The Morgan fingerprint density at radius 3 is 2.54 bits per heavy atom. The normalized spacial score (nSPS) is 25.2. The molecule has 1 aromatic carbocycles. The number of benzene rings is 1. The van der Waals surface area contributed by atoms with Gasteiger partial charge in [0, 0.05) is 52.1 Å². The smallest absolute Gasteiger partial charge is 0.248 e. The van der Waals surface area contributed by atoms with E-state index in [-0.39, 0.29) is 12.5 Å². The predicted molar refractivity (Wildman–Crippen MR) is 93.1 cm³/mol. The number of piperazine rings is 1. The third-order valence-electron chi connectivity index (χ3n) is 4.96. The molecule has 2 saturated heterocycles. The lowest BCUT2D eigenvalue weighted by molar-refractivity contribution is -0.135. The first-order chi connectivity index (χ1) is 11.6. The van der Waals surface area contributed by atoms with E-state index in [0.717, 1.165) is 26.2 Å². The molecule has 2 fully saturated rings. The third kappa shape index (κ3) is 4.06. The topological polar surface area (TPSA) is 56.2 Å². The summed E-state index contributed by atoms with van der Waals surface area (Å²) >= 11 is 0. The lowest BCUT2D eigenvalue weighted by Gasteiger charge is -2.39. The van der Waals surface area contributed by atoms with Gasteiger partial charge in [-0.05, 0) is 18.6 Å². The van der Waals surface area contributed by atoms with Gasteiger partial charge in [-0.25, -0.2) is 0 Å². The van der Waals surface area contributed by atoms with Gasteiger partial charge in [-0.3, -0.25) is 9.69 Å². The molecule has 1 N–H and O–H groups in total. The fraction of sp³-hybridized carbons (Fsp3) is 0.611. The average molecular weight is 333 g/mol. The van der Waals surface area contributed by atoms with Crippen LogP contribution in [-0.2, 0) is 9.53 Å². The largest absolute Gasteiger partial charge is 0.387 e. The van der Waals surface area contributed by atoms with Crippen LogP contribution in [-0.4, -0.2) is 85.9 Å². The van der Waals surface area contributed by atoms with Crippen molar-refractivity contribution in [3.63, 3.8) is 0 Å². The molecule has 6 nitrogen and oxygen atoms in total. The predicted octanol–water partition coefficient (Wildman–Crippen LogP) is 0.418. The van der Waals surface area contributed by atoms with Crippen LogP contribution >= 0.6 is 0 Å². The first-order valence-electron chi connectivity index (χ1n) is 8.61. The summed E-state index contributed by atoms with van der Waals surface area (Å²) in [4.78, 5) is 18.3. The monoisotopic (exact) mass is 333 g/mol. The van der Waals surface area contributed by atoms with Crippen molar-refractivity contribution < 1.29 is 14.6 Å². The van der Waals surface area contributed by atoms with Crippen LogP contribution in [0.4, 0.5) is 5.69 Å². The Balaban J connectivity index is 1.48. The molecule has 1 unspecified atom stereocenters. The van der Waals surface area contributed by atoms with Crippen LogP contribution in [0.25, 0.3) is 0 Å². The molecule has 0 aliphatic carbocycles. The fourth-order valence-electron chi connectivity index (χ4n) is 3.63. The summed E-state index contributed by atoms with van der Waals surface area (Å²) in [5, 5.41) is 10.8. The van der Waals surface area contributed by atoms with E-state index >= 15 is 0 Å². The molecule has 0 radical (unpaired) electrons. The van der Waals surface area contributed by atoms with Gasteiger partial charge in [-0.1, -0.05) is 18.2 Å².